The maximum atomic E-state index is 13.2. The van der Waals surface area contributed by atoms with Gasteiger partial charge in [0.05, 0.1) is 6.54 Å². The smallest absolute Gasteiger partial charge is 0.306 e. The van der Waals surface area contributed by atoms with E-state index >= 15 is 0 Å². The Balaban J connectivity index is 1.64. The molecule has 2 heterocycles. The van der Waals surface area contributed by atoms with Gasteiger partial charge < -0.3 is 14.2 Å². The highest BCUT2D eigenvalue weighted by molar-refractivity contribution is 5.86. The number of hydrogen-bond acceptors (Lipinski definition) is 4. The van der Waals surface area contributed by atoms with Crippen LogP contribution in [0.5, 0.6) is 0 Å². The topological polar surface area (TPSA) is 64.4 Å². The summed E-state index contributed by atoms with van der Waals surface area (Å²) in [6, 6.07) is 18.2. The van der Waals surface area contributed by atoms with Crippen molar-refractivity contribution in [2.75, 3.05) is 0 Å². The van der Waals surface area contributed by atoms with Crippen LogP contribution in [-0.2, 0) is 34.5 Å². The van der Waals surface area contributed by atoms with Crippen LogP contribution < -0.4 is 0 Å². The number of cyclic esters (lactones) is 1. The minimum Gasteiger partial charge on any atom is -0.452 e. The first-order valence-corrected chi connectivity index (χ1v) is 9.69. The number of nitrogens with zero attached hydrogens (tertiary/aromatic N) is 3. The molecule has 6 heteroatoms. The molecule has 4 rings (SSSR count). The summed E-state index contributed by atoms with van der Waals surface area (Å²) < 4.78 is 7.14. The third kappa shape index (κ3) is 4.21. The molecule has 29 heavy (non-hydrogen) atoms. The first-order chi connectivity index (χ1) is 14.1. The average Bonchev–Trinajstić information content (AvgIpc) is 3.36. The van der Waals surface area contributed by atoms with Crippen molar-refractivity contribution in [2.45, 2.75) is 32.0 Å². The second-order valence-electron chi connectivity index (χ2n) is 7.19. The molecule has 1 aliphatic heterocycles. The van der Waals surface area contributed by atoms with Crippen molar-refractivity contribution in [1.82, 2.24) is 14.5 Å². The normalized spacial score (nSPS) is 15.9. The third-order valence-electron chi connectivity index (χ3n) is 5.19. The van der Waals surface area contributed by atoms with Gasteiger partial charge in [-0.05, 0) is 16.7 Å². The van der Waals surface area contributed by atoms with Gasteiger partial charge in [0.1, 0.15) is 5.82 Å². The van der Waals surface area contributed by atoms with E-state index in [1.807, 2.05) is 54.2 Å². The molecule has 0 N–H and O–H groups in total. The maximum Gasteiger partial charge on any atom is 0.306 e. The Morgan fingerprint density at radius 2 is 1.90 bits per heavy atom. The number of esters is 1. The van der Waals surface area contributed by atoms with Crippen LogP contribution in [0.15, 0.2) is 67.0 Å². The molecule has 0 unspecified atom stereocenters. The van der Waals surface area contributed by atoms with E-state index in [-0.39, 0.29) is 18.3 Å². The van der Waals surface area contributed by atoms with Gasteiger partial charge in [-0.2, -0.15) is 0 Å². The number of aryl methyl sites for hydroxylation is 1. The van der Waals surface area contributed by atoms with Gasteiger partial charge in [-0.1, -0.05) is 54.6 Å². The van der Waals surface area contributed by atoms with Gasteiger partial charge in [-0.15, -0.1) is 0 Å². The number of imidazole rings is 1. The van der Waals surface area contributed by atoms with Gasteiger partial charge in [0, 0.05) is 38.8 Å². The highest BCUT2D eigenvalue weighted by Crippen LogP contribution is 2.26. The number of rotatable bonds is 6. The molecule has 148 valence electrons. The Bertz CT molecular complexity index is 1010. The molecule has 1 saturated heterocycles. The molecule has 3 aromatic rings. The van der Waals surface area contributed by atoms with Crippen LogP contribution in [0.1, 0.15) is 24.2 Å². The predicted octanol–water partition coefficient (Wildman–Crippen LogP) is 3.32. The van der Waals surface area contributed by atoms with Crippen molar-refractivity contribution in [3.63, 3.8) is 0 Å². The zero-order valence-corrected chi connectivity index (χ0v) is 16.3. The van der Waals surface area contributed by atoms with E-state index in [1.54, 1.807) is 11.1 Å². The zero-order chi connectivity index (χ0) is 20.2. The third-order valence-corrected chi connectivity index (χ3v) is 5.19. The second kappa shape index (κ2) is 8.31. The van der Waals surface area contributed by atoms with Gasteiger partial charge in [-0.25, -0.2) is 4.98 Å². The molecule has 6 nitrogen and oxygen atoms in total. The van der Waals surface area contributed by atoms with Gasteiger partial charge >= 0.3 is 5.97 Å². The fraction of sp³-hybridized carbons (Fsp3) is 0.261. The van der Waals surface area contributed by atoms with Crippen LogP contribution in [0.25, 0.3) is 11.1 Å². The molecule has 1 aromatic heterocycles. The van der Waals surface area contributed by atoms with Gasteiger partial charge in [0.2, 0.25) is 0 Å². The van der Waals surface area contributed by atoms with Crippen molar-refractivity contribution in [2.24, 2.45) is 7.05 Å². The summed E-state index contributed by atoms with van der Waals surface area (Å²) in [5.74, 6) is 0.284. The van der Waals surface area contributed by atoms with Gasteiger partial charge in [0.25, 0.3) is 5.91 Å². The molecule has 0 saturated carbocycles. The monoisotopic (exact) mass is 389 g/mol. The first kappa shape index (κ1) is 18.9. The standard InChI is InChI=1S/C23H23N3O3/c1-25-14-13-24-21(25)16-26(23(28)20-11-12-22(27)29-20)15-18-9-5-6-10-19(18)17-7-3-2-4-8-17/h2-10,13-14,20H,11-12,15-16H2,1H3/t20-/m1/s1. The van der Waals surface area contributed by atoms with Crippen LogP contribution in [0.4, 0.5) is 0 Å². The van der Waals surface area contributed by atoms with Crippen LogP contribution in [-0.4, -0.2) is 32.4 Å². The summed E-state index contributed by atoms with van der Waals surface area (Å²) in [6.45, 7) is 0.754. The number of aromatic nitrogens is 2. The van der Waals surface area contributed by atoms with Crippen molar-refractivity contribution in [3.05, 3.63) is 78.4 Å². The molecule has 1 amide bonds. The van der Waals surface area contributed by atoms with E-state index in [4.69, 9.17) is 4.74 Å². The zero-order valence-electron chi connectivity index (χ0n) is 16.3. The van der Waals surface area contributed by atoms with E-state index < -0.39 is 6.10 Å². The second-order valence-corrected chi connectivity index (χ2v) is 7.19. The Hall–Kier alpha value is -3.41. The quantitative estimate of drug-likeness (QED) is 0.607. The lowest BCUT2D eigenvalue weighted by Crippen LogP contribution is -2.39. The fourth-order valence-corrected chi connectivity index (χ4v) is 3.60. The highest BCUT2D eigenvalue weighted by atomic mass is 16.6. The van der Waals surface area contributed by atoms with E-state index in [2.05, 4.69) is 23.2 Å². The molecule has 0 bridgehead atoms. The van der Waals surface area contributed by atoms with E-state index in [0.717, 1.165) is 22.5 Å². The lowest BCUT2D eigenvalue weighted by molar-refractivity contribution is -0.153. The lowest BCUT2D eigenvalue weighted by Gasteiger charge is -2.26. The molecule has 2 aromatic carbocycles. The Kier molecular flexibility index (Phi) is 5.42. The number of carbonyl (C=O) groups is 2. The lowest BCUT2D eigenvalue weighted by atomic mass is 9.99. The molecule has 0 spiro atoms. The van der Waals surface area contributed by atoms with E-state index in [1.165, 1.54) is 0 Å². The summed E-state index contributed by atoms with van der Waals surface area (Å²) in [4.78, 5) is 30.8. The summed E-state index contributed by atoms with van der Waals surface area (Å²) in [7, 11) is 1.90. The Morgan fingerprint density at radius 3 is 2.59 bits per heavy atom. The summed E-state index contributed by atoms with van der Waals surface area (Å²) >= 11 is 0. The fourth-order valence-electron chi connectivity index (χ4n) is 3.60. The molecule has 0 radical (unpaired) electrons. The van der Waals surface area contributed by atoms with E-state index in [9.17, 15) is 9.59 Å². The molecule has 1 atom stereocenters. The van der Waals surface area contributed by atoms with Crippen LogP contribution in [0.2, 0.25) is 0 Å². The summed E-state index contributed by atoms with van der Waals surface area (Å²) in [6.07, 6.45) is 3.56. The van der Waals surface area contributed by atoms with Gasteiger partial charge in [0.15, 0.2) is 6.10 Å². The van der Waals surface area contributed by atoms with Crippen molar-refractivity contribution in [3.8, 4) is 11.1 Å². The van der Waals surface area contributed by atoms with Crippen LogP contribution >= 0.6 is 0 Å². The molecule has 1 aliphatic rings. The molecular formula is C23H23N3O3. The number of amides is 1. The number of hydrogen-bond donors (Lipinski definition) is 0. The minimum atomic E-state index is -0.716. The SMILES string of the molecule is Cn1ccnc1CN(Cc1ccccc1-c1ccccc1)C(=O)[C@H]1CCC(=O)O1. The largest absolute Gasteiger partial charge is 0.452 e. The number of ether oxygens (including phenoxy) is 1. The average molecular weight is 389 g/mol. The summed E-state index contributed by atoms with van der Waals surface area (Å²) in [5, 5.41) is 0. The number of benzene rings is 2. The Morgan fingerprint density at radius 1 is 1.14 bits per heavy atom. The minimum absolute atomic E-state index is 0.179. The maximum absolute atomic E-state index is 13.2. The van der Waals surface area contributed by atoms with Gasteiger partial charge in [-0.3, -0.25) is 9.59 Å². The van der Waals surface area contributed by atoms with Crippen LogP contribution in [0, 0.1) is 0 Å². The molecule has 1 fully saturated rings. The first-order valence-electron chi connectivity index (χ1n) is 9.69. The number of carbonyl (C=O) groups excluding carboxylic acids is 2. The highest BCUT2D eigenvalue weighted by Gasteiger charge is 2.33. The predicted molar refractivity (Wildman–Crippen MR) is 108 cm³/mol. The van der Waals surface area contributed by atoms with E-state index in [0.29, 0.717) is 19.5 Å². The van der Waals surface area contributed by atoms with Crippen molar-refractivity contribution in [1.29, 1.82) is 0 Å². The van der Waals surface area contributed by atoms with Crippen LogP contribution in [0.3, 0.4) is 0 Å². The van der Waals surface area contributed by atoms with Crippen molar-refractivity contribution < 1.29 is 14.3 Å². The summed E-state index contributed by atoms with van der Waals surface area (Å²) in [5.41, 5.74) is 3.21. The molecule has 0 aliphatic carbocycles. The molecular weight excluding hydrogens is 366 g/mol. The van der Waals surface area contributed by atoms with Crippen molar-refractivity contribution >= 4 is 11.9 Å². The Labute approximate surface area is 169 Å².